The Labute approximate surface area is 130 Å². The van der Waals surface area contributed by atoms with Gasteiger partial charge in [0.1, 0.15) is 23.0 Å². The molecule has 1 aliphatic rings. The van der Waals surface area contributed by atoms with E-state index >= 15 is 0 Å². The normalized spacial score (nSPS) is 21.0. The van der Waals surface area contributed by atoms with Gasteiger partial charge in [0.25, 0.3) is 0 Å². The zero-order chi connectivity index (χ0) is 17.0. The van der Waals surface area contributed by atoms with Gasteiger partial charge in [-0.25, -0.2) is 0 Å². The molecular formula is C16H14O7. The fourth-order valence-corrected chi connectivity index (χ4v) is 3.03. The lowest BCUT2D eigenvalue weighted by Crippen LogP contribution is -2.14. The van der Waals surface area contributed by atoms with Crippen LogP contribution in [0.3, 0.4) is 0 Å². The quantitative estimate of drug-likeness (QED) is 0.359. The van der Waals surface area contributed by atoms with Gasteiger partial charge >= 0.3 is 11.9 Å². The number of ether oxygens (including phenoxy) is 1. The molecule has 0 radical (unpaired) electrons. The van der Waals surface area contributed by atoms with Gasteiger partial charge in [0.15, 0.2) is 0 Å². The Morgan fingerprint density at radius 2 is 1.43 bits per heavy atom. The molecule has 0 aliphatic carbocycles. The first-order valence-corrected chi connectivity index (χ1v) is 6.90. The molecule has 0 bridgehead atoms. The second kappa shape index (κ2) is 4.77. The van der Waals surface area contributed by atoms with E-state index in [2.05, 4.69) is 4.74 Å². The smallest absolute Gasteiger partial charge is 0.322 e. The average Bonchev–Trinajstić information content (AvgIpc) is 2.74. The Morgan fingerprint density at radius 3 is 1.91 bits per heavy atom. The number of aromatic hydroxyl groups is 4. The number of fused-ring (bicyclic) bond motifs is 1. The molecule has 0 amide bonds. The standard InChI is InChI=1S/C16H14O7/c1-5-9(10-6(2)15(21)23-16(10)22)14(20)12-8(18)4-3-7(17)11(12)13(5)19/h3-4,6,10,17-20H,1-2H3. The van der Waals surface area contributed by atoms with Crippen LogP contribution in [-0.2, 0) is 14.3 Å². The molecule has 0 spiro atoms. The lowest BCUT2D eigenvalue weighted by atomic mass is 9.83. The van der Waals surface area contributed by atoms with E-state index in [1.54, 1.807) is 0 Å². The second-order valence-electron chi connectivity index (χ2n) is 5.60. The molecule has 2 aromatic rings. The maximum Gasteiger partial charge on any atom is 0.322 e. The van der Waals surface area contributed by atoms with Crippen LogP contribution in [-0.4, -0.2) is 32.4 Å². The molecule has 23 heavy (non-hydrogen) atoms. The Balaban J connectivity index is 2.42. The molecule has 0 saturated carbocycles. The number of hydrogen-bond donors (Lipinski definition) is 4. The van der Waals surface area contributed by atoms with Gasteiger partial charge in [-0.1, -0.05) is 6.92 Å². The highest BCUT2D eigenvalue weighted by Gasteiger charge is 2.45. The van der Waals surface area contributed by atoms with E-state index in [0.717, 1.165) is 6.07 Å². The van der Waals surface area contributed by atoms with Crippen molar-refractivity contribution in [2.75, 3.05) is 0 Å². The zero-order valence-electron chi connectivity index (χ0n) is 12.3. The minimum Gasteiger partial charge on any atom is -0.507 e. The first-order chi connectivity index (χ1) is 10.8. The third-order valence-corrected chi connectivity index (χ3v) is 4.29. The van der Waals surface area contributed by atoms with Crippen molar-refractivity contribution in [1.29, 1.82) is 0 Å². The molecule has 1 fully saturated rings. The predicted octanol–water partition coefficient (Wildman–Crippen LogP) is 1.77. The van der Waals surface area contributed by atoms with Crippen molar-refractivity contribution in [3.8, 4) is 23.0 Å². The number of hydrogen-bond acceptors (Lipinski definition) is 7. The largest absolute Gasteiger partial charge is 0.507 e. The molecular weight excluding hydrogens is 304 g/mol. The average molecular weight is 318 g/mol. The van der Waals surface area contributed by atoms with E-state index in [1.165, 1.54) is 19.9 Å². The number of phenolic OH excluding ortho intramolecular Hbond substituents is 4. The number of cyclic esters (lactones) is 2. The summed E-state index contributed by atoms with van der Waals surface area (Å²) < 4.78 is 4.57. The van der Waals surface area contributed by atoms with Crippen LogP contribution in [0.4, 0.5) is 0 Å². The van der Waals surface area contributed by atoms with E-state index < -0.39 is 29.5 Å². The van der Waals surface area contributed by atoms with E-state index in [9.17, 15) is 30.0 Å². The lowest BCUT2D eigenvalue weighted by molar-refractivity contribution is -0.153. The van der Waals surface area contributed by atoms with Crippen molar-refractivity contribution in [1.82, 2.24) is 0 Å². The van der Waals surface area contributed by atoms with Crippen LogP contribution < -0.4 is 0 Å². The monoisotopic (exact) mass is 318 g/mol. The lowest BCUT2D eigenvalue weighted by Gasteiger charge is -2.19. The van der Waals surface area contributed by atoms with Crippen LogP contribution in [0.5, 0.6) is 23.0 Å². The van der Waals surface area contributed by atoms with Gasteiger partial charge in [0, 0.05) is 5.56 Å². The fraction of sp³-hybridized carbons (Fsp3) is 0.250. The minimum absolute atomic E-state index is 0.000694. The maximum absolute atomic E-state index is 12.0. The molecule has 1 heterocycles. The van der Waals surface area contributed by atoms with Gasteiger partial charge in [0.05, 0.1) is 22.6 Å². The van der Waals surface area contributed by atoms with Crippen molar-refractivity contribution in [2.24, 2.45) is 5.92 Å². The van der Waals surface area contributed by atoms with Crippen LogP contribution >= 0.6 is 0 Å². The third kappa shape index (κ3) is 1.89. The predicted molar refractivity (Wildman–Crippen MR) is 78.3 cm³/mol. The highest BCUT2D eigenvalue weighted by molar-refractivity contribution is 6.06. The molecule has 7 nitrogen and oxygen atoms in total. The van der Waals surface area contributed by atoms with Crippen molar-refractivity contribution in [3.63, 3.8) is 0 Å². The summed E-state index contributed by atoms with van der Waals surface area (Å²) in [6.45, 7) is 2.91. The SMILES string of the molecule is Cc1c(C2C(=O)OC(=O)C2C)c(O)c2c(O)ccc(O)c2c1O. The summed E-state index contributed by atoms with van der Waals surface area (Å²) in [5.74, 6) is -5.08. The van der Waals surface area contributed by atoms with Gasteiger partial charge in [-0.3, -0.25) is 9.59 Å². The van der Waals surface area contributed by atoms with Crippen molar-refractivity contribution < 1.29 is 34.8 Å². The van der Waals surface area contributed by atoms with E-state index in [1.807, 2.05) is 0 Å². The minimum atomic E-state index is -1.10. The van der Waals surface area contributed by atoms with Crippen LogP contribution in [0.25, 0.3) is 10.8 Å². The maximum atomic E-state index is 12.0. The number of rotatable bonds is 1. The van der Waals surface area contributed by atoms with Crippen molar-refractivity contribution >= 4 is 22.7 Å². The molecule has 2 atom stereocenters. The summed E-state index contributed by atoms with van der Waals surface area (Å²) in [5.41, 5.74) is 0.124. The van der Waals surface area contributed by atoms with Crippen LogP contribution in [0.1, 0.15) is 24.0 Å². The van der Waals surface area contributed by atoms with Gasteiger partial charge in [-0.2, -0.15) is 0 Å². The summed E-state index contributed by atoms with van der Waals surface area (Å²) in [5, 5.41) is 40.4. The molecule has 2 aromatic carbocycles. The molecule has 7 heteroatoms. The molecule has 3 rings (SSSR count). The number of esters is 2. The summed E-state index contributed by atoms with van der Waals surface area (Å²) >= 11 is 0. The van der Waals surface area contributed by atoms with Crippen molar-refractivity contribution in [2.45, 2.75) is 19.8 Å². The van der Waals surface area contributed by atoms with Gasteiger partial charge in [0.2, 0.25) is 0 Å². The number of carbonyl (C=O) groups is 2. The zero-order valence-corrected chi connectivity index (χ0v) is 12.3. The first-order valence-electron chi connectivity index (χ1n) is 6.90. The Bertz CT molecular complexity index is 869. The fourth-order valence-electron chi connectivity index (χ4n) is 3.03. The highest BCUT2D eigenvalue weighted by Crippen LogP contribution is 2.51. The summed E-state index contributed by atoms with van der Waals surface area (Å²) in [6.07, 6.45) is 0. The summed E-state index contributed by atoms with van der Waals surface area (Å²) in [6, 6.07) is 2.32. The molecule has 2 unspecified atom stereocenters. The van der Waals surface area contributed by atoms with E-state index in [4.69, 9.17) is 0 Å². The first kappa shape index (κ1) is 15.0. The van der Waals surface area contributed by atoms with Crippen LogP contribution in [0, 0.1) is 12.8 Å². The Hall–Kier alpha value is -2.96. The van der Waals surface area contributed by atoms with Crippen LogP contribution in [0.2, 0.25) is 0 Å². The van der Waals surface area contributed by atoms with Crippen LogP contribution in [0.15, 0.2) is 12.1 Å². The second-order valence-corrected chi connectivity index (χ2v) is 5.60. The van der Waals surface area contributed by atoms with E-state index in [0.29, 0.717) is 0 Å². The molecule has 1 saturated heterocycles. The van der Waals surface area contributed by atoms with Gasteiger partial charge < -0.3 is 25.2 Å². The summed E-state index contributed by atoms with van der Waals surface area (Å²) in [7, 11) is 0. The van der Waals surface area contributed by atoms with Gasteiger partial charge in [-0.15, -0.1) is 0 Å². The molecule has 120 valence electrons. The molecule has 4 N–H and O–H groups in total. The third-order valence-electron chi connectivity index (χ3n) is 4.29. The van der Waals surface area contributed by atoms with Crippen molar-refractivity contribution in [3.05, 3.63) is 23.3 Å². The Morgan fingerprint density at radius 1 is 0.913 bits per heavy atom. The highest BCUT2D eigenvalue weighted by atomic mass is 16.6. The number of phenols is 4. The molecule has 1 aliphatic heterocycles. The summed E-state index contributed by atoms with van der Waals surface area (Å²) in [4.78, 5) is 23.5. The van der Waals surface area contributed by atoms with Gasteiger partial charge in [-0.05, 0) is 24.6 Å². The number of carbonyl (C=O) groups excluding carboxylic acids is 2. The molecule has 0 aromatic heterocycles. The van der Waals surface area contributed by atoms with E-state index in [-0.39, 0.29) is 39.1 Å². The topological polar surface area (TPSA) is 124 Å². The Kier molecular flexibility index (Phi) is 3.10. The number of benzene rings is 2.